The van der Waals surface area contributed by atoms with E-state index >= 15 is 0 Å². The Morgan fingerprint density at radius 3 is 2.51 bits per heavy atom. The fourth-order valence-corrected chi connectivity index (χ4v) is 5.05. The van der Waals surface area contributed by atoms with E-state index in [0.717, 1.165) is 32.9 Å². The SMILES string of the molecule is CCCCc1nc2ccc(Br)cc2c(=O)n1N=Cc1cc(OCC)c(OCc2ccccc2)c(Br)c1Br. The molecule has 0 saturated heterocycles. The van der Waals surface area contributed by atoms with E-state index in [0.29, 0.717) is 52.3 Å². The summed E-state index contributed by atoms with van der Waals surface area (Å²) < 4.78 is 15.7. The van der Waals surface area contributed by atoms with Crippen LogP contribution in [0.5, 0.6) is 11.5 Å². The van der Waals surface area contributed by atoms with Gasteiger partial charge in [0.15, 0.2) is 11.5 Å². The molecule has 0 aliphatic heterocycles. The topological polar surface area (TPSA) is 65.7 Å². The van der Waals surface area contributed by atoms with E-state index in [4.69, 9.17) is 14.5 Å². The Morgan fingerprint density at radius 2 is 1.78 bits per heavy atom. The molecule has 1 aromatic heterocycles. The molecule has 0 bridgehead atoms. The number of ether oxygens (including phenoxy) is 2. The number of aromatic nitrogens is 2. The molecule has 37 heavy (non-hydrogen) atoms. The first-order chi connectivity index (χ1) is 17.9. The van der Waals surface area contributed by atoms with Crippen LogP contribution in [0.15, 0.2) is 77.9 Å². The predicted octanol–water partition coefficient (Wildman–Crippen LogP) is 7.89. The summed E-state index contributed by atoms with van der Waals surface area (Å²) in [6.45, 7) is 4.89. The van der Waals surface area contributed by atoms with E-state index in [9.17, 15) is 4.79 Å². The molecule has 192 valence electrons. The lowest BCUT2D eigenvalue weighted by molar-refractivity contribution is 0.267. The van der Waals surface area contributed by atoms with Crippen LogP contribution < -0.4 is 15.0 Å². The van der Waals surface area contributed by atoms with Crippen LogP contribution in [0.3, 0.4) is 0 Å². The molecule has 0 amide bonds. The lowest BCUT2D eigenvalue weighted by Gasteiger charge is -2.16. The quantitative estimate of drug-likeness (QED) is 0.159. The van der Waals surface area contributed by atoms with Gasteiger partial charge < -0.3 is 9.47 Å². The summed E-state index contributed by atoms with van der Waals surface area (Å²) in [7, 11) is 0. The number of unbranched alkanes of at least 4 members (excludes halogenated alkanes) is 1. The maximum absolute atomic E-state index is 13.4. The molecule has 0 fully saturated rings. The molecule has 0 aliphatic carbocycles. The second-order valence-corrected chi connectivity index (χ2v) is 10.8. The van der Waals surface area contributed by atoms with E-state index in [1.165, 1.54) is 4.68 Å². The highest BCUT2D eigenvalue weighted by molar-refractivity contribution is 9.13. The van der Waals surface area contributed by atoms with Gasteiger partial charge in [0.25, 0.3) is 5.56 Å². The fourth-order valence-electron chi connectivity index (χ4n) is 3.76. The molecule has 6 nitrogen and oxygen atoms in total. The van der Waals surface area contributed by atoms with Gasteiger partial charge in [-0.2, -0.15) is 9.78 Å². The highest BCUT2D eigenvalue weighted by Gasteiger charge is 2.18. The van der Waals surface area contributed by atoms with Gasteiger partial charge in [-0.05, 0) is 75.0 Å². The number of benzene rings is 3. The second-order valence-electron chi connectivity index (χ2n) is 8.28. The molecule has 4 aromatic rings. The summed E-state index contributed by atoms with van der Waals surface area (Å²) in [6, 6.07) is 17.3. The second kappa shape index (κ2) is 12.8. The Balaban J connectivity index is 1.74. The minimum absolute atomic E-state index is 0.211. The summed E-state index contributed by atoms with van der Waals surface area (Å²) in [5, 5.41) is 5.10. The Hall–Kier alpha value is -2.49. The molecule has 0 unspecified atom stereocenters. The van der Waals surface area contributed by atoms with Crippen molar-refractivity contribution < 1.29 is 9.47 Å². The molecule has 3 aromatic carbocycles. The Bertz CT molecular complexity index is 1490. The van der Waals surface area contributed by atoms with Gasteiger partial charge >= 0.3 is 0 Å². The summed E-state index contributed by atoms with van der Waals surface area (Å²) in [5.74, 6) is 1.79. The average molecular weight is 692 g/mol. The third kappa shape index (κ3) is 6.51. The Kier molecular flexibility index (Phi) is 9.56. The predicted molar refractivity (Wildman–Crippen MR) is 159 cm³/mol. The van der Waals surface area contributed by atoms with Crippen LogP contribution in [-0.2, 0) is 13.0 Å². The number of hydrogen-bond donors (Lipinski definition) is 0. The highest BCUT2D eigenvalue weighted by atomic mass is 79.9. The van der Waals surface area contributed by atoms with Gasteiger partial charge in [-0.1, -0.05) is 59.6 Å². The van der Waals surface area contributed by atoms with Crippen molar-refractivity contribution in [3.05, 3.63) is 95.3 Å². The van der Waals surface area contributed by atoms with Crippen LogP contribution >= 0.6 is 47.8 Å². The van der Waals surface area contributed by atoms with Crippen LogP contribution in [0.4, 0.5) is 0 Å². The van der Waals surface area contributed by atoms with E-state index in [-0.39, 0.29) is 5.56 Å². The van der Waals surface area contributed by atoms with E-state index < -0.39 is 0 Å². The van der Waals surface area contributed by atoms with Crippen molar-refractivity contribution in [1.29, 1.82) is 0 Å². The van der Waals surface area contributed by atoms with Crippen LogP contribution in [0.1, 0.15) is 43.6 Å². The first kappa shape index (κ1) is 27.5. The smallest absolute Gasteiger partial charge is 0.282 e. The number of fused-ring (bicyclic) bond motifs is 1. The molecular formula is C28H26Br3N3O3. The summed E-state index contributed by atoms with van der Waals surface area (Å²) in [4.78, 5) is 18.1. The van der Waals surface area contributed by atoms with Crippen molar-refractivity contribution in [2.24, 2.45) is 5.10 Å². The van der Waals surface area contributed by atoms with Crippen LogP contribution in [-0.4, -0.2) is 22.5 Å². The third-order valence-electron chi connectivity index (χ3n) is 5.62. The van der Waals surface area contributed by atoms with Crippen molar-refractivity contribution in [3.8, 4) is 11.5 Å². The van der Waals surface area contributed by atoms with Crippen LogP contribution in [0.2, 0.25) is 0 Å². The Morgan fingerprint density at radius 1 is 1.00 bits per heavy atom. The molecule has 0 aliphatic rings. The fraction of sp³-hybridized carbons (Fsp3) is 0.250. The first-order valence-electron chi connectivity index (χ1n) is 12.0. The number of aryl methyl sites for hydroxylation is 1. The van der Waals surface area contributed by atoms with E-state index in [1.54, 1.807) is 12.3 Å². The summed E-state index contributed by atoms with van der Waals surface area (Å²) in [6.07, 6.45) is 4.18. The van der Waals surface area contributed by atoms with Crippen molar-refractivity contribution in [2.45, 2.75) is 39.7 Å². The van der Waals surface area contributed by atoms with Gasteiger partial charge in [-0.3, -0.25) is 4.79 Å². The molecule has 0 saturated carbocycles. The molecule has 0 radical (unpaired) electrons. The van der Waals surface area contributed by atoms with Crippen molar-refractivity contribution >= 4 is 64.9 Å². The molecule has 0 N–H and O–H groups in total. The largest absolute Gasteiger partial charge is 0.490 e. The summed E-state index contributed by atoms with van der Waals surface area (Å²) in [5.41, 5.74) is 2.23. The van der Waals surface area contributed by atoms with Gasteiger partial charge in [-0.25, -0.2) is 4.98 Å². The molecule has 4 rings (SSSR count). The lowest BCUT2D eigenvalue weighted by Crippen LogP contribution is -2.22. The van der Waals surface area contributed by atoms with Crippen LogP contribution in [0.25, 0.3) is 10.9 Å². The van der Waals surface area contributed by atoms with Crippen molar-refractivity contribution in [3.63, 3.8) is 0 Å². The van der Waals surface area contributed by atoms with Gasteiger partial charge in [0.1, 0.15) is 12.4 Å². The summed E-state index contributed by atoms with van der Waals surface area (Å²) >= 11 is 10.8. The van der Waals surface area contributed by atoms with E-state index in [2.05, 4.69) is 59.8 Å². The van der Waals surface area contributed by atoms with Gasteiger partial charge in [-0.15, -0.1) is 0 Å². The number of rotatable bonds is 10. The van der Waals surface area contributed by atoms with Crippen molar-refractivity contribution in [2.75, 3.05) is 6.61 Å². The van der Waals surface area contributed by atoms with Crippen LogP contribution in [0, 0.1) is 0 Å². The zero-order valence-electron chi connectivity index (χ0n) is 20.5. The number of hydrogen-bond acceptors (Lipinski definition) is 5. The van der Waals surface area contributed by atoms with Gasteiger partial charge in [0, 0.05) is 20.9 Å². The monoisotopic (exact) mass is 689 g/mol. The van der Waals surface area contributed by atoms with Crippen molar-refractivity contribution in [1.82, 2.24) is 9.66 Å². The molecule has 1 heterocycles. The molecular weight excluding hydrogens is 666 g/mol. The van der Waals surface area contributed by atoms with Gasteiger partial charge in [0.2, 0.25) is 0 Å². The zero-order chi connectivity index (χ0) is 26.4. The number of halogens is 3. The zero-order valence-corrected chi connectivity index (χ0v) is 25.3. The third-order valence-corrected chi connectivity index (χ3v) is 8.26. The van der Waals surface area contributed by atoms with E-state index in [1.807, 2.05) is 55.5 Å². The normalized spacial score (nSPS) is 11.4. The first-order valence-corrected chi connectivity index (χ1v) is 14.4. The standard InChI is InChI=1S/C28H26Br3N3O3/c1-3-5-11-24-33-22-13-12-20(29)15-21(22)28(35)34(24)32-16-19-14-23(36-4-2)27(26(31)25(19)30)37-17-18-9-7-6-8-10-18/h6-10,12-16H,3-5,11,17H2,1-2H3. The van der Waals surface area contributed by atoms with Gasteiger partial charge in [0.05, 0.1) is 28.2 Å². The lowest BCUT2D eigenvalue weighted by atomic mass is 10.2. The molecule has 0 spiro atoms. The maximum Gasteiger partial charge on any atom is 0.282 e. The minimum Gasteiger partial charge on any atom is -0.490 e. The molecule has 0 atom stereocenters. The maximum atomic E-state index is 13.4. The molecule has 9 heteroatoms. The minimum atomic E-state index is -0.211. The highest BCUT2D eigenvalue weighted by Crippen LogP contribution is 2.43. The number of nitrogens with zero attached hydrogens (tertiary/aromatic N) is 3. The Labute approximate surface area is 241 Å². The average Bonchev–Trinajstić information content (AvgIpc) is 2.90.